The minimum Gasteiger partial charge on any atom is -0.329 e. The van der Waals surface area contributed by atoms with E-state index in [-0.39, 0.29) is 6.42 Å². The molecule has 0 heterocycles. The highest BCUT2D eigenvalue weighted by molar-refractivity contribution is 5.96. The molecule has 1 aromatic carbocycles. The fraction of sp³-hybridized carbons (Fsp3) is 0.231. The van der Waals surface area contributed by atoms with Crippen molar-refractivity contribution in [3.8, 4) is 6.07 Å². The Morgan fingerprint density at radius 2 is 2.05 bits per heavy atom. The number of nitrogens with one attached hydrogen (secondary N) is 1. The SMILES string of the molecule is N#CCCC=CNC(=O)c1ccccc1C(F)(F)F. The van der Waals surface area contributed by atoms with Gasteiger partial charge < -0.3 is 5.32 Å². The van der Waals surface area contributed by atoms with Crippen molar-refractivity contribution >= 4 is 5.91 Å². The summed E-state index contributed by atoms with van der Waals surface area (Å²) in [5.74, 6) is -0.832. The van der Waals surface area contributed by atoms with Crippen LogP contribution < -0.4 is 5.32 Å². The van der Waals surface area contributed by atoms with Crippen LogP contribution in [0.1, 0.15) is 28.8 Å². The molecular weight excluding hydrogens is 257 g/mol. The molecule has 0 bridgehead atoms. The van der Waals surface area contributed by atoms with Crippen LogP contribution in [-0.4, -0.2) is 5.91 Å². The maximum absolute atomic E-state index is 12.7. The largest absolute Gasteiger partial charge is 0.417 e. The fourth-order valence-corrected chi connectivity index (χ4v) is 1.37. The molecule has 0 saturated carbocycles. The summed E-state index contributed by atoms with van der Waals surface area (Å²) in [6, 6.07) is 6.46. The molecule has 1 N–H and O–H groups in total. The van der Waals surface area contributed by atoms with Gasteiger partial charge in [-0.2, -0.15) is 18.4 Å². The Balaban J connectivity index is 2.78. The van der Waals surface area contributed by atoms with Crippen molar-refractivity contribution < 1.29 is 18.0 Å². The molecule has 0 unspecified atom stereocenters. The van der Waals surface area contributed by atoms with Crippen LogP contribution in [0.4, 0.5) is 13.2 Å². The molecule has 0 saturated heterocycles. The van der Waals surface area contributed by atoms with Crippen LogP contribution in [0.25, 0.3) is 0 Å². The first-order valence-corrected chi connectivity index (χ1v) is 5.46. The summed E-state index contributed by atoms with van der Waals surface area (Å²) >= 11 is 0. The van der Waals surface area contributed by atoms with E-state index in [4.69, 9.17) is 5.26 Å². The van der Waals surface area contributed by atoms with Crippen LogP contribution in [0, 0.1) is 11.3 Å². The quantitative estimate of drug-likeness (QED) is 0.852. The number of carbonyl (C=O) groups is 1. The van der Waals surface area contributed by atoms with Gasteiger partial charge in [0, 0.05) is 12.6 Å². The zero-order valence-corrected chi connectivity index (χ0v) is 9.87. The number of unbranched alkanes of at least 4 members (excludes halogenated alkanes) is 1. The van der Waals surface area contributed by atoms with Crippen LogP contribution in [-0.2, 0) is 6.18 Å². The second kappa shape index (κ2) is 6.59. The van der Waals surface area contributed by atoms with Crippen LogP contribution in [0.3, 0.4) is 0 Å². The smallest absolute Gasteiger partial charge is 0.329 e. The van der Waals surface area contributed by atoms with E-state index in [0.29, 0.717) is 6.42 Å². The summed E-state index contributed by atoms with van der Waals surface area (Å²) < 4.78 is 38.0. The summed E-state index contributed by atoms with van der Waals surface area (Å²) in [4.78, 5) is 11.6. The van der Waals surface area contributed by atoms with Gasteiger partial charge in [0.05, 0.1) is 17.2 Å². The minimum absolute atomic E-state index is 0.283. The number of rotatable bonds is 4. The van der Waals surface area contributed by atoms with E-state index in [1.54, 1.807) is 0 Å². The number of benzene rings is 1. The van der Waals surface area contributed by atoms with Gasteiger partial charge in [-0.15, -0.1) is 0 Å². The lowest BCUT2D eigenvalue weighted by molar-refractivity contribution is -0.137. The molecule has 0 aliphatic heterocycles. The first-order chi connectivity index (χ1) is 8.96. The van der Waals surface area contributed by atoms with Crippen molar-refractivity contribution in [3.63, 3.8) is 0 Å². The Hall–Kier alpha value is -2.29. The topological polar surface area (TPSA) is 52.9 Å². The van der Waals surface area contributed by atoms with Crippen LogP contribution in [0.2, 0.25) is 0 Å². The van der Waals surface area contributed by atoms with Gasteiger partial charge in [-0.3, -0.25) is 4.79 Å². The number of hydrogen-bond acceptors (Lipinski definition) is 2. The summed E-state index contributed by atoms with van der Waals surface area (Å²) in [5.41, 5.74) is -1.40. The number of nitrogens with zero attached hydrogens (tertiary/aromatic N) is 1. The van der Waals surface area contributed by atoms with E-state index in [9.17, 15) is 18.0 Å². The van der Waals surface area contributed by atoms with Crippen molar-refractivity contribution in [2.24, 2.45) is 0 Å². The Bertz CT molecular complexity index is 515. The average molecular weight is 268 g/mol. The number of allylic oxidation sites excluding steroid dienone is 1. The van der Waals surface area contributed by atoms with Crippen molar-refractivity contribution in [2.45, 2.75) is 19.0 Å². The summed E-state index contributed by atoms with van der Waals surface area (Å²) in [6.07, 6.45) is -1.11. The highest BCUT2D eigenvalue weighted by atomic mass is 19.4. The fourth-order valence-electron chi connectivity index (χ4n) is 1.37. The van der Waals surface area contributed by atoms with Crippen LogP contribution in [0.15, 0.2) is 36.5 Å². The lowest BCUT2D eigenvalue weighted by Crippen LogP contribution is -2.21. The predicted octanol–water partition coefficient (Wildman–Crippen LogP) is 3.25. The average Bonchev–Trinajstić information content (AvgIpc) is 2.37. The maximum atomic E-state index is 12.7. The predicted molar refractivity (Wildman–Crippen MR) is 62.9 cm³/mol. The molecule has 0 spiro atoms. The van der Waals surface area contributed by atoms with E-state index in [1.165, 1.54) is 24.4 Å². The van der Waals surface area contributed by atoms with E-state index < -0.39 is 23.2 Å². The van der Waals surface area contributed by atoms with Crippen LogP contribution in [0.5, 0.6) is 0 Å². The summed E-state index contributed by atoms with van der Waals surface area (Å²) in [7, 11) is 0. The molecule has 3 nitrogen and oxygen atoms in total. The third-order valence-electron chi connectivity index (χ3n) is 2.23. The standard InChI is InChI=1S/C13H11F3N2O/c14-13(15,16)11-7-3-2-6-10(11)12(19)18-9-5-1-4-8-17/h2-3,5-7,9H,1,4H2,(H,18,19). The van der Waals surface area contributed by atoms with Gasteiger partial charge in [-0.25, -0.2) is 0 Å². The number of carbonyl (C=O) groups excluding carboxylic acids is 1. The molecule has 0 aromatic heterocycles. The van der Waals surface area contributed by atoms with Gasteiger partial charge in [0.15, 0.2) is 0 Å². The normalized spacial score (nSPS) is 11.3. The van der Waals surface area contributed by atoms with Gasteiger partial charge in [0.25, 0.3) is 5.91 Å². The molecule has 19 heavy (non-hydrogen) atoms. The molecule has 0 fully saturated rings. The van der Waals surface area contributed by atoms with Crippen LogP contribution >= 0.6 is 0 Å². The van der Waals surface area contributed by atoms with E-state index in [2.05, 4.69) is 5.32 Å². The molecule has 0 radical (unpaired) electrons. The summed E-state index contributed by atoms with van der Waals surface area (Å²) in [6.45, 7) is 0. The first-order valence-electron chi connectivity index (χ1n) is 5.46. The number of alkyl halides is 3. The zero-order chi connectivity index (χ0) is 14.3. The lowest BCUT2D eigenvalue weighted by atomic mass is 10.1. The van der Waals surface area contributed by atoms with Crippen molar-refractivity contribution in [3.05, 3.63) is 47.7 Å². The Kier molecular flexibility index (Phi) is 5.12. The molecule has 0 aliphatic rings. The van der Waals surface area contributed by atoms with E-state index >= 15 is 0 Å². The number of amides is 1. The van der Waals surface area contributed by atoms with Gasteiger partial charge in [-0.05, 0) is 18.6 Å². The van der Waals surface area contributed by atoms with Gasteiger partial charge in [0.1, 0.15) is 0 Å². The Morgan fingerprint density at radius 3 is 2.68 bits per heavy atom. The second-order valence-corrected chi connectivity index (χ2v) is 3.62. The molecule has 1 amide bonds. The highest BCUT2D eigenvalue weighted by Crippen LogP contribution is 2.31. The minimum atomic E-state index is -4.57. The Morgan fingerprint density at radius 1 is 1.37 bits per heavy atom. The summed E-state index contributed by atoms with van der Waals surface area (Å²) in [5, 5.41) is 10.5. The lowest BCUT2D eigenvalue weighted by Gasteiger charge is -2.11. The number of hydrogen-bond donors (Lipinski definition) is 1. The second-order valence-electron chi connectivity index (χ2n) is 3.62. The van der Waals surface area contributed by atoms with Crippen molar-refractivity contribution in [1.29, 1.82) is 5.26 Å². The van der Waals surface area contributed by atoms with E-state index in [0.717, 1.165) is 12.1 Å². The van der Waals surface area contributed by atoms with Gasteiger partial charge in [0.2, 0.25) is 0 Å². The molecule has 6 heteroatoms. The third kappa shape index (κ3) is 4.47. The number of nitriles is 1. The molecule has 0 aliphatic carbocycles. The highest BCUT2D eigenvalue weighted by Gasteiger charge is 2.34. The molecular formula is C13H11F3N2O. The van der Waals surface area contributed by atoms with Gasteiger partial charge >= 0.3 is 6.18 Å². The first kappa shape index (κ1) is 14.8. The molecule has 0 atom stereocenters. The molecule has 100 valence electrons. The molecule has 1 aromatic rings. The zero-order valence-electron chi connectivity index (χ0n) is 9.87. The maximum Gasteiger partial charge on any atom is 0.417 e. The van der Waals surface area contributed by atoms with Crippen molar-refractivity contribution in [2.75, 3.05) is 0 Å². The third-order valence-corrected chi connectivity index (χ3v) is 2.23. The monoisotopic (exact) mass is 268 g/mol. The van der Waals surface area contributed by atoms with Gasteiger partial charge in [-0.1, -0.05) is 18.2 Å². The number of halogens is 3. The van der Waals surface area contributed by atoms with E-state index in [1.807, 2.05) is 6.07 Å². The van der Waals surface area contributed by atoms with Crippen molar-refractivity contribution in [1.82, 2.24) is 5.32 Å². The Labute approximate surface area is 108 Å². The molecule has 1 rings (SSSR count).